The SMILES string of the molecule is C#CCSc1nc(-c2ccccc2)n(-c2ccccc2S(N)(=O)=O)n1. The summed E-state index contributed by atoms with van der Waals surface area (Å²) in [6, 6.07) is 15.8. The molecular formula is C17H14N4O2S2. The van der Waals surface area contributed by atoms with Gasteiger partial charge < -0.3 is 0 Å². The van der Waals surface area contributed by atoms with Crippen molar-refractivity contribution >= 4 is 21.8 Å². The molecule has 0 spiro atoms. The Labute approximate surface area is 150 Å². The first-order valence-corrected chi connectivity index (χ1v) is 9.75. The minimum Gasteiger partial charge on any atom is -0.225 e. The maximum Gasteiger partial charge on any atom is 0.240 e. The van der Waals surface area contributed by atoms with Crippen LogP contribution in [0, 0.1) is 12.3 Å². The molecule has 6 nitrogen and oxygen atoms in total. The highest BCUT2D eigenvalue weighted by atomic mass is 32.2. The highest BCUT2D eigenvalue weighted by Gasteiger charge is 2.20. The van der Waals surface area contributed by atoms with Crippen molar-refractivity contribution in [2.75, 3.05) is 5.75 Å². The summed E-state index contributed by atoms with van der Waals surface area (Å²) >= 11 is 1.30. The quantitative estimate of drug-likeness (QED) is 0.550. The van der Waals surface area contributed by atoms with E-state index >= 15 is 0 Å². The molecule has 0 saturated heterocycles. The summed E-state index contributed by atoms with van der Waals surface area (Å²) in [6.45, 7) is 0. The molecular weight excluding hydrogens is 356 g/mol. The van der Waals surface area contributed by atoms with Crippen LogP contribution in [0.4, 0.5) is 0 Å². The molecule has 2 aromatic carbocycles. The highest BCUT2D eigenvalue weighted by molar-refractivity contribution is 7.99. The van der Waals surface area contributed by atoms with Crippen LogP contribution in [0.5, 0.6) is 0 Å². The summed E-state index contributed by atoms with van der Waals surface area (Å²) in [6.07, 6.45) is 5.30. The number of nitrogens with two attached hydrogens (primary N) is 1. The predicted molar refractivity (Wildman–Crippen MR) is 97.7 cm³/mol. The van der Waals surface area contributed by atoms with Gasteiger partial charge in [-0.25, -0.2) is 23.2 Å². The molecule has 0 unspecified atom stereocenters. The van der Waals surface area contributed by atoms with Gasteiger partial charge in [-0.15, -0.1) is 11.5 Å². The Kier molecular flexibility index (Phi) is 4.90. The van der Waals surface area contributed by atoms with Crippen LogP contribution in [-0.2, 0) is 10.0 Å². The number of primary sulfonamides is 1. The van der Waals surface area contributed by atoms with Crippen LogP contribution in [0.2, 0.25) is 0 Å². The first-order valence-electron chi connectivity index (χ1n) is 7.21. The zero-order valence-electron chi connectivity index (χ0n) is 13.0. The number of terminal acetylenes is 1. The standard InChI is InChI=1S/C17H14N4O2S2/c1-2-12-24-17-19-16(13-8-4-3-5-9-13)21(20-17)14-10-6-7-11-15(14)25(18,22)23/h1,3-11H,12H2,(H2,18,22,23). The predicted octanol–water partition coefficient (Wildman–Crippen LogP) is 2.31. The number of hydrogen-bond donors (Lipinski definition) is 1. The van der Waals surface area contributed by atoms with E-state index in [0.717, 1.165) is 5.56 Å². The second-order valence-corrected chi connectivity index (χ2v) is 7.47. The summed E-state index contributed by atoms with van der Waals surface area (Å²) in [5.74, 6) is 3.44. The van der Waals surface area contributed by atoms with Crippen molar-refractivity contribution in [1.82, 2.24) is 14.8 Å². The van der Waals surface area contributed by atoms with Crippen molar-refractivity contribution in [2.24, 2.45) is 5.14 Å². The minimum atomic E-state index is -3.92. The Bertz CT molecular complexity index is 1040. The smallest absolute Gasteiger partial charge is 0.225 e. The monoisotopic (exact) mass is 370 g/mol. The van der Waals surface area contributed by atoms with Crippen LogP contribution in [0.25, 0.3) is 17.1 Å². The molecule has 3 aromatic rings. The molecule has 2 N–H and O–H groups in total. The lowest BCUT2D eigenvalue weighted by Crippen LogP contribution is -2.16. The van der Waals surface area contributed by atoms with Gasteiger partial charge in [0.2, 0.25) is 15.2 Å². The van der Waals surface area contributed by atoms with Gasteiger partial charge in [-0.3, -0.25) is 0 Å². The van der Waals surface area contributed by atoms with Crippen LogP contribution >= 0.6 is 11.8 Å². The van der Waals surface area contributed by atoms with E-state index in [0.29, 0.717) is 22.4 Å². The third-order valence-electron chi connectivity index (χ3n) is 3.30. The Morgan fingerprint density at radius 2 is 1.80 bits per heavy atom. The Balaban J connectivity index is 2.23. The number of nitrogens with zero attached hydrogens (tertiary/aromatic N) is 3. The first-order chi connectivity index (χ1) is 12.0. The van der Waals surface area contributed by atoms with Crippen LogP contribution in [0.3, 0.4) is 0 Å². The molecule has 0 aliphatic rings. The van der Waals surface area contributed by atoms with Crippen LogP contribution in [0.15, 0.2) is 64.6 Å². The average Bonchev–Trinajstić information content (AvgIpc) is 3.04. The molecule has 0 saturated carbocycles. The van der Waals surface area contributed by atoms with Gasteiger partial charge in [-0.2, -0.15) is 0 Å². The van der Waals surface area contributed by atoms with Gasteiger partial charge >= 0.3 is 0 Å². The molecule has 3 rings (SSSR count). The maximum atomic E-state index is 11.9. The highest BCUT2D eigenvalue weighted by Crippen LogP contribution is 2.27. The van der Waals surface area contributed by atoms with Crippen LogP contribution < -0.4 is 5.14 Å². The van der Waals surface area contributed by atoms with E-state index in [1.54, 1.807) is 18.2 Å². The van der Waals surface area contributed by atoms with Gasteiger partial charge in [0.1, 0.15) is 4.90 Å². The Hall–Kier alpha value is -2.60. The lowest BCUT2D eigenvalue weighted by Gasteiger charge is -2.10. The second-order valence-electron chi connectivity index (χ2n) is 5.00. The third kappa shape index (κ3) is 3.74. The molecule has 1 heterocycles. The summed E-state index contributed by atoms with van der Waals surface area (Å²) in [4.78, 5) is 4.48. The second kappa shape index (κ2) is 7.11. The number of sulfonamides is 1. The van der Waals surface area contributed by atoms with Gasteiger partial charge in [-0.05, 0) is 12.1 Å². The molecule has 0 aliphatic heterocycles. The van der Waals surface area contributed by atoms with E-state index in [4.69, 9.17) is 11.6 Å². The number of para-hydroxylation sites is 1. The Morgan fingerprint density at radius 1 is 1.12 bits per heavy atom. The third-order valence-corrected chi connectivity index (χ3v) is 5.00. The lowest BCUT2D eigenvalue weighted by molar-refractivity contribution is 0.596. The molecule has 1 aromatic heterocycles. The summed E-state index contributed by atoms with van der Waals surface area (Å²) < 4.78 is 25.4. The molecule has 0 aliphatic carbocycles. The van der Waals surface area contributed by atoms with E-state index in [-0.39, 0.29) is 4.90 Å². The summed E-state index contributed by atoms with van der Waals surface area (Å²) in [7, 11) is -3.92. The van der Waals surface area contributed by atoms with E-state index in [1.807, 2.05) is 30.3 Å². The van der Waals surface area contributed by atoms with E-state index in [1.165, 1.54) is 22.5 Å². The normalized spacial score (nSPS) is 11.2. The van der Waals surface area contributed by atoms with Crippen molar-refractivity contribution in [1.29, 1.82) is 0 Å². The van der Waals surface area contributed by atoms with Gasteiger partial charge in [0.15, 0.2) is 5.82 Å². The summed E-state index contributed by atoms with van der Waals surface area (Å²) in [5, 5.41) is 10.2. The number of rotatable bonds is 5. The van der Waals surface area contributed by atoms with Crippen molar-refractivity contribution in [2.45, 2.75) is 10.1 Å². The lowest BCUT2D eigenvalue weighted by atomic mass is 10.2. The van der Waals surface area contributed by atoms with Crippen molar-refractivity contribution in [3.63, 3.8) is 0 Å². The Morgan fingerprint density at radius 3 is 2.48 bits per heavy atom. The van der Waals surface area contributed by atoms with Gasteiger partial charge in [0.25, 0.3) is 0 Å². The number of aromatic nitrogens is 3. The van der Waals surface area contributed by atoms with Crippen molar-refractivity contribution in [3.05, 3.63) is 54.6 Å². The number of hydrogen-bond acceptors (Lipinski definition) is 5. The van der Waals surface area contributed by atoms with E-state index in [2.05, 4.69) is 16.0 Å². The zero-order chi connectivity index (χ0) is 17.9. The zero-order valence-corrected chi connectivity index (χ0v) is 14.7. The van der Waals surface area contributed by atoms with Crippen LogP contribution in [-0.4, -0.2) is 28.9 Å². The molecule has 0 radical (unpaired) electrons. The van der Waals surface area contributed by atoms with E-state index in [9.17, 15) is 8.42 Å². The molecule has 0 amide bonds. The fraction of sp³-hybridized carbons (Fsp3) is 0.0588. The number of benzene rings is 2. The summed E-state index contributed by atoms with van der Waals surface area (Å²) in [5.41, 5.74) is 1.13. The molecule has 8 heteroatoms. The van der Waals surface area contributed by atoms with Gasteiger partial charge in [0.05, 0.1) is 11.4 Å². The molecule has 126 valence electrons. The molecule has 0 fully saturated rings. The van der Waals surface area contributed by atoms with Crippen molar-refractivity contribution < 1.29 is 8.42 Å². The van der Waals surface area contributed by atoms with E-state index < -0.39 is 10.0 Å². The fourth-order valence-electron chi connectivity index (χ4n) is 2.28. The average molecular weight is 370 g/mol. The topological polar surface area (TPSA) is 90.9 Å². The fourth-order valence-corrected chi connectivity index (χ4v) is 3.49. The van der Waals surface area contributed by atoms with Gasteiger partial charge in [0, 0.05) is 5.56 Å². The van der Waals surface area contributed by atoms with Crippen molar-refractivity contribution in [3.8, 4) is 29.4 Å². The largest absolute Gasteiger partial charge is 0.240 e. The van der Waals surface area contributed by atoms with Crippen LogP contribution in [0.1, 0.15) is 0 Å². The van der Waals surface area contributed by atoms with Gasteiger partial charge in [-0.1, -0.05) is 60.1 Å². The number of thioether (sulfide) groups is 1. The molecule has 0 atom stereocenters. The maximum absolute atomic E-state index is 11.9. The minimum absolute atomic E-state index is 0.0226. The first kappa shape index (κ1) is 17.2. The molecule has 0 bridgehead atoms. The molecule has 25 heavy (non-hydrogen) atoms.